The number of fused-ring (bicyclic) bond motifs is 1. The summed E-state index contributed by atoms with van der Waals surface area (Å²) in [5.74, 6) is -1.63. The van der Waals surface area contributed by atoms with E-state index in [2.05, 4.69) is 0 Å². The molecule has 1 saturated heterocycles. The minimum Gasteiger partial charge on any atom is -0.472 e. The van der Waals surface area contributed by atoms with E-state index < -0.39 is 61.6 Å². The highest BCUT2D eigenvalue weighted by molar-refractivity contribution is 5.89. The van der Waals surface area contributed by atoms with Crippen molar-refractivity contribution in [2.75, 3.05) is 13.7 Å². The Balaban J connectivity index is 1.80. The lowest BCUT2D eigenvalue weighted by Crippen LogP contribution is -2.60. The SMILES string of the molecule is COC(=O)C1=CO[C@@H](O[C@@H]2OC(CO)[C@@H](O)[C@@H](O)C2O)[C@@H]2[C@@H](C)[C@@H](O)C[C@H]12. The molecule has 154 valence electrons. The number of hydrogen-bond acceptors (Lipinski definition) is 10. The van der Waals surface area contributed by atoms with Crippen LogP contribution in [0.4, 0.5) is 0 Å². The van der Waals surface area contributed by atoms with Gasteiger partial charge in [0.1, 0.15) is 24.4 Å². The van der Waals surface area contributed by atoms with Crippen LogP contribution in [0, 0.1) is 17.8 Å². The van der Waals surface area contributed by atoms with E-state index in [1.54, 1.807) is 6.92 Å². The van der Waals surface area contributed by atoms with Gasteiger partial charge < -0.3 is 44.5 Å². The van der Waals surface area contributed by atoms with Gasteiger partial charge >= 0.3 is 5.97 Å². The lowest BCUT2D eigenvalue weighted by Gasteiger charge is -2.43. The van der Waals surface area contributed by atoms with E-state index in [-0.39, 0.29) is 11.8 Å². The molecule has 0 aromatic heterocycles. The zero-order valence-electron chi connectivity index (χ0n) is 15.0. The van der Waals surface area contributed by atoms with Crippen LogP contribution in [-0.2, 0) is 23.7 Å². The molecule has 1 saturated carbocycles. The van der Waals surface area contributed by atoms with Crippen molar-refractivity contribution in [3.05, 3.63) is 11.8 Å². The third kappa shape index (κ3) is 3.58. The summed E-state index contributed by atoms with van der Waals surface area (Å²) in [5, 5.41) is 49.4. The number of carbonyl (C=O) groups excluding carboxylic acids is 1. The predicted octanol–water partition coefficient (Wildman–Crippen LogP) is -2.15. The van der Waals surface area contributed by atoms with E-state index in [1.807, 2.05) is 0 Å². The van der Waals surface area contributed by atoms with Gasteiger partial charge in [0.05, 0.1) is 31.7 Å². The van der Waals surface area contributed by atoms with Gasteiger partial charge in [-0.15, -0.1) is 0 Å². The van der Waals surface area contributed by atoms with Crippen LogP contribution in [0.25, 0.3) is 0 Å². The molecule has 10 nitrogen and oxygen atoms in total. The first-order chi connectivity index (χ1) is 12.8. The summed E-state index contributed by atoms with van der Waals surface area (Å²) >= 11 is 0. The third-order valence-electron chi connectivity index (χ3n) is 5.75. The molecule has 3 rings (SSSR count). The number of esters is 1. The van der Waals surface area contributed by atoms with Crippen molar-refractivity contribution in [3.63, 3.8) is 0 Å². The molecular weight excluding hydrogens is 364 g/mol. The Bertz CT molecular complexity index is 578. The van der Waals surface area contributed by atoms with Crippen LogP contribution in [0.3, 0.4) is 0 Å². The molecule has 0 bridgehead atoms. The van der Waals surface area contributed by atoms with Crippen LogP contribution in [-0.4, -0.2) is 88.3 Å². The summed E-state index contributed by atoms with van der Waals surface area (Å²) < 4.78 is 21.4. The molecule has 10 atom stereocenters. The number of hydrogen-bond donors (Lipinski definition) is 5. The normalized spacial score (nSPS) is 47.0. The van der Waals surface area contributed by atoms with Crippen LogP contribution in [0.15, 0.2) is 11.8 Å². The van der Waals surface area contributed by atoms with E-state index >= 15 is 0 Å². The molecule has 0 aromatic rings. The largest absolute Gasteiger partial charge is 0.472 e. The maximum Gasteiger partial charge on any atom is 0.337 e. The molecule has 2 fully saturated rings. The number of rotatable bonds is 4. The molecule has 2 aliphatic heterocycles. The number of aliphatic hydroxyl groups excluding tert-OH is 5. The van der Waals surface area contributed by atoms with Gasteiger partial charge in [-0.25, -0.2) is 4.79 Å². The van der Waals surface area contributed by atoms with E-state index in [1.165, 1.54) is 13.4 Å². The van der Waals surface area contributed by atoms with Crippen LogP contribution in [0.2, 0.25) is 0 Å². The minimum atomic E-state index is -1.58. The molecule has 0 amide bonds. The molecule has 0 aromatic carbocycles. The van der Waals surface area contributed by atoms with Crippen molar-refractivity contribution in [2.24, 2.45) is 17.8 Å². The van der Waals surface area contributed by atoms with Crippen LogP contribution in [0.5, 0.6) is 0 Å². The summed E-state index contributed by atoms with van der Waals surface area (Å²) in [5.41, 5.74) is 0.291. The maximum atomic E-state index is 12.0. The summed E-state index contributed by atoms with van der Waals surface area (Å²) in [7, 11) is 1.25. The molecule has 2 heterocycles. The molecular formula is C17H26O10. The standard InChI is InChI=1S/C17H26O10/c1-6-9(19)3-7-8(15(23)24-2)5-25-16(11(6)7)27-17-14(22)13(21)12(20)10(4-18)26-17/h5-7,9-14,16-22H,3-4H2,1-2H3/t6-,7+,9-,10?,11+,12+,13+,14?,16-,17-/m0/s1. The van der Waals surface area contributed by atoms with E-state index in [0.717, 1.165) is 0 Å². The molecule has 0 radical (unpaired) electrons. The summed E-state index contributed by atoms with van der Waals surface area (Å²) in [4.78, 5) is 12.0. The fourth-order valence-electron chi connectivity index (χ4n) is 4.10. The molecule has 1 aliphatic carbocycles. The predicted molar refractivity (Wildman–Crippen MR) is 86.6 cm³/mol. The highest BCUT2D eigenvalue weighted by Crippen LogP contribution is 2.47. The molecule has 10 heteroatoms. The first-order valence-electron chi connectivity index (χ1n) is 8.88. The monoisotopic (exact) mass is 390 g/mol. The fourth-order valence-corrected chi connectivity index (χ4v) is 4.10. The van der Waals surface area contributed by atoms with E-state index in [4.69, 9.17) is 18.9 Å². The molecule has 3 aliphatic rings. The average Bonchev–Trinajstić information content (AvgIpc) is 2.96. The van der Waals surface area contributed by atoms with Gasteiger partial charge in [-0.05, 0) is 12.3 Å². The zero-order chi connectivity index (χ0) is 19.9. The first-order valence-corrected chi connectivity index (χ1v) is 8.88. The molecule has 27 heavy (non-hydrogen) atoms. The van der Waals surface area contributed by atoms with Gasteiger partial charge in [0.25, 0.3) is 0 Å². The minimum absolute atomic E-state index is 0.279. The van der Waals surface area contributed by atoms with E-state index in [9.17, 15) is 30.3 Å². The highest BCUT2D eigenvalue weighted by atomic mass is 16.8. The summed E-state index contributed by atoms with van der Waals surface area (Å²) in [6, 6.07) is 0. The van der Waals surface area contributed by atoms with Crippen LogP contribution >= 0.6 is 0 Å². The Morgan fingerprint density at radius 3 is 2.52 bits per heavy atom. The third-order valence-corrected chi connectivity index (χ3v) is 5.75. The molecule has 0 spiro atoms. The zero-order valence-corrected chi connectivity index (χ0v) is 15.0. The Morgan fingerprint density at radius 1 is 1.19 bits per heavy atom. The summed E-state index contributed by atoms with van der Waals surface area (Å²) in [6.45, 7) is 1.21. The van der Waals surface area contributed by atoms with Crippen molar-refractivity contribution < 1.29 is 49.3 Å². The van der Waals surface area contributed by atoms with Gasteiger partial charge in [0.15, 0.2) is 6.29 Å². The van der Waals surface area contributed by atoms with Gasteiger partial charge in [-0.3, -0.25) is 0 Å². The lowest BCUT2D eigenvalue weighted by atomic mass is 9.83. The van der Waals surface area contributed by atoms with Crippen molar-refractivity contribution in [1.29, 1.82) is 0 Å². The van der Waals surface area contributed by atoms with Crippen LogP contribution < -0.4 is 0 Å². The topological polar surface area (TPSA) is 155 Å². The fraction of sp³-hybridized carbons (Fsp3) is 0.824. The molecule has 2 unspecified atom stereocenters. The number of carbonyl (C=O) groups is 1. The van der Waals surface area contributed by atoms with Crippen molar-refractivity contribution in [2.45, 2.75) is 56.4 Å². The second kappa shape index (κ2) is 8.00. The maximum absolute atomic E-state index is 12.0. The van der Waals surface area contributed by atoms with Gasteiger partial charge in [0, 0.05) is 11.8 Å². The van der Waals surface area contributed by atoms with Crippen molar-refractivity contribution in [3.8, 4) is 0 Å². The number of methoxy groups -OCH3 is 1. The van der Waals surface area contributed by atoms with Gasteiger partial charge in [-0.1, -0.05) is 6.92 Å². The van der Waals surface area contributed by atoms with Gasteiger partial charge in [0.2, 0.25) is 6.29 Å². The smallest absolute Gasteiger partial charge is 0.337 e. The quantitative estimate of drug-likeness (QED) is 0.336. The Labute approximate surface area is 155 Å². The van der Waals surface area contributed by atoms with E-state index in [0.29, 0.717) is 12.0 Å². The number of aliphatic hydroxyl groups is 5. The lowest BCUT2D eigenvalue weighted by molar-refractivity contribution is -0.342. The Hall–Kier alpha value is -1.27. The Kier molecular flexibility index (Phi) is 6.06. The summed E-state index contributed by atoms with van der Waals surface area (Å²) in [6.07, 6.45) is -7.25. The van der Waals surface area contributed by atoms with Crippen molar-refractivity contribution >= 4 is 5.97 Å². The molecule has 5 N–H and O–H groups in total. The number of ether oxygens (including phenoxy) is 4. The highest BCUT2D eigenvalue weighted by Gasteiger charge is 2.53. The Morgan fingerprint density at radius 2 is 1.89 bits per heavy atom. The van der Waals surface area contributed by atoms with Gasteiger partial charge in [-0.2, -0.15) is 0 Å². The average molecular weight is 390 g/mol. The second-order valence-corrected chi connectivity index (χ2v) is 7.25. The van der Waals surface area contributed by atoms with Crippen LogP contribution in [0.1, 0.15) is 13.3 Å². The van der Waals surface area contributed by atoms with Crippen molar-refractivity contribution in [1.82, 2.24) is 0 Å². The second-order valence-electron chi connectivity index (χ2n) is 7.25. The first kappa shape index (κ1) is 20.5.